The molecule has 0 spiro atoms. The molecule has 0 bridgehead atoms. The highest BCUT2D eigenvalue weighted by atomic mass is 127. The maximum atomic E-state index is 12.4. The van der Waals surface area contributed by atoms with Crippen LogP contribution in [-0.2, 0) is 4.74 Å². The number of hydrogen-bond donors (Lipinski definition) is 0. The molecule has 2 aromatic rings. The van der Waals surface area contributed by atoms with E-state index in [-0.39, 0.29) is 47.6 Å². The predicted octanol–water partition coefficient (Wildman–Crippen LogP) is 7.59. The maximum absolute atomic E-state index is 12.4. The molecule has 182 valence electrons. The Labute approximate surface area is 226 Å². The summed E-state index contributed by atoms with van der Waals surface area (Å²) in [7, 11) is 0. The summed E-state index contributed by atoms with van der Waals surface area (Å²) in [5, 5.41) is 0. The van der Waals surface area contributed by atoms with Gasteiger partial charge in [0.2, 0.25) is 0 Å². The Hall–Kier alpha value is -1.66. The minimum Gasteiger partial charge on any atom is -0.492 e. The van der Waals surface area contributed by atoms with Crippen LogP contribution in [0.1, 0.15) is 20.3 Å². The van der Waals surface area contributed by atoms with Gasteiger partial charge in [-0.3, -0.25) is 0 Å². The van der Waals surface area contributed by atoms with Gasteiger partial charge in [0.15, 0.2) is 0 Å². The van der Waals surface area contributed by atoms with Gasteiger partial charge in [-0.25, -0.2) is 9.10 Å². The van der Waals surface area contributed by atoms with Crippen LogP contribution in [0.2, 0.25) is 0 Å². The van der Waals surface area contributed by atoms with Gasteiger partial charge in [0.25, 0.3) is 0 Å². The molecule has 1 aliphatic carbocycles. The highest BCUT2D eigenvalue weighted by Crippen LogP contribution is 2.30. The van der Waals surface area contributed by atoms with Crippen LogP contribution in [-0.4, -0.2) is 39.2 Å². The van der Waals surface area contributed by atoms with Crippen LogP contribution in [0.4, 0.5) is 4.79 Å². The van der Waals surface area contributed by atoms with E-state index >= 15 is 0 Å². The van der Waals surface area contributed by atoms with E-state index in [1.807, 2.05) is 30.3 Å². The summed E-state index contributed by atoms with van der Waals surface area (Å²) in [5.74, 6) is 2.75. The van der Waals surface area contributed by atoms with E-state index in [1.165, 1.54) is 19.1 Å². The number of halogens is 2. The third kappa shape index (κ3) is 8.53. The fourth-order valence-corrected chi connectivity index (χ4v) is 6.85. The molecule has 0 aliphatic heterocycles. The average molecular weight is 705 g/mol. The summed E-state index contributed by atoms with van der Waals surface area (Å²) in [6, 6.07) is 13.8. The molecule has 1 amide bonds. The summed E-state index contributed by atoms with van der Waals surface area (Å²) in [6.07, 6.45) is 7.02. The lowest BCUT2D eigenvalue weighted by Crippen LogP contribution is -2.29. The SMILES string of the molecule is C=Ic1cc(Oc2ccc(OCCN(SC3=CC(C)CC=C3)C(=O)OCC)cc2)cc(I=C)c1. The average Bonchev–Trinajstić information content (AvgIpc) is 2.84. The molecule has 1 atom stereocenters. The smallest absolute Gasteiger partial charge is 0.420 e. The molecule has 34 heavy (non-hydrogen) atoms. The molecule has 0 saturated carbocycles. The Morgan fingerprint density at radius 3 is 2.38 bits per heavy atom. The second-order valence-corrected chi connectivity index (χ2v) is 12.5. The van der Waals surface area contributed by atoms with Crippen molar-refractivity contribution < 1.29 is 19.0 Å². The molecule has 0 aromatic heterocycles. The molecule has 8 heteroatoms. The van der Waals surface area contributed by atoms with Crippen molar-refractivity contribution in [3.63, 3.8) is 0 Å². The Balaban J connectivity index is 1.57. The van der Waals surface area contributed by atoms with Crippen molar-refractivity contribution in [2.24, 2.45) is 5.92 Å². The molecule has 2 aromatic carbocycles. The van der Waals surface area contributed by atoms with Crippen molar-refractivity contribution in [1.29, 1.82) is 0 Å². The standard InChI is InChI=1S/C26H29I2NO4S/c1-5-31-26(30)29(34-25-8-6-7-19(2)15-25)13-14-32-22-9-11-23(12-10-22)33-24-17-20(27-3)16-21(18-24)28-4/h6,8-12,15-19H,3-5,7,13-14H2,1-2H3. The molecule has 0 N–H and O–H groups in total. The minimum atomic E-state index is -0.358. The zero-order valence-corrected chi connectivity index (χ0v) is 24.5. The van der Waals surface area contributed by atoms with E-state index in [1.54, 1.807) is 11.2 Å². The van der Waals surface area contributed by atoms with Gasteiger partial charge in [-0.05, 0) is 73.7 Å². The first-order valence-corrected chi connectivity index (χ1v) is 16.8. The van der Waals surface area contributed by atoms with E-state index < -0.39 is 0 Å². The van der Waals surface area contributed by atoms with Gasteiger partial charge in [-0.2, -0.15) is 0 Å². The van der Waals surface area contributed by atoms with Gasteiger partial charge in [0.05, 0.1) is 13.2 Å². The molecule has 1 unspecified atom stereocenters. The van der Waals surface area contributed by atoms with Gasteiger partial charge in [0, 0.05) is 12.0 Å². The third-order valence-electron chi connectivity index (χ3n) is 4.69. The van der Waals surface area contributed by atoms with Crippen molar-refractivity contribution in [2.75, 3.05) is 19.8 Å². The Morgan fingerprint density at radius 2 is 1.76 bits per heavy atom. The maximum Gasteiger partial charge on any atom is 0.420 e. The Morgan fingerprint density at radius 1 is 1.09 bits per heavy atom. The monoisotopic (exact) mass is 705 g/mol. The minimum absolute atomic E-state index is 0.247. The molecule has 1 aliphatic rings. The lowest BCUT2D eigenvalue weighted by Gasteiger charge is -2.22. The summed E-state index contributed by atoms with van der Waals surface area (Å²) in [5.41, 5.74) is 0. The van der Waals surface area contributed by atoms with E-state index in [0.29, 0.717) is 31.4 Å². The van der Waals surface area contributed by atoms with Crippen molar-refractivity contribution in [1.82, 2.24) is 4.31 Å². The van der Waals surface area contributed by atoms with E-state index in [0.717, 1.165) is 22.8 Å². The van der Waals surface area contributed by atoms with Crippen molar-refractivity contribution >= 4 is 68.5 Å². The number of amides is 1. The van der Waals surface area contributed by atoms with Crippen LogP contribution in [0.5, 0.6) is 17.2 Å². The van der Waals surface area contributed by atoms with Crippen LogP contribution in [0, 0.1) is 13.1 Å². The van der Waals surface area contributed by atoms with Gasteiger partial charge in [-0.1, -0.05) is 75.6 Å². The molecule has 0 saturated heterocycles. The number of benzene rings is 2. The molecule has 0 radical (unpaired) electrons. The zero-order valence-electron chi connectivity index (χ0n) is 19.3. The molecule has 0 heterocycles. The zero-order chi connectivity index (χ0) is 24.3. The molecule has 0 fully saturated rings. The third-order valence-corrected chi connectivity index (χ3v) is 8.74. The normalized spacial score (nSPS) is 14.9. The van der Waals surface area contributed by atoms with Gasteiger partial charge >= 0.3 is 6.09 Å². The van der Waals surface area contributed by atoms with E-state index in [4.69, 9.17) is 14.2 Å². The Kier molecular flexibility index (Phi) is 11.1. The number of carbonyl (C=O) groups is 1. The topological polar surface area (TPSA) is 48.0 Å². The molecule has 3 rings (SSSR count). The predicted molar refractivity (Wildman–Crippen MR) is 160 cm³/mol. The molecule has 5 nitrogen and oxygen atoms in total. The van der Waals surface area contributed by atoms with Crippen LogP contribution in [0.3, 0.4) is 0 Å². The van der Waals surface area contributed by atoms with Crippen LogP contribution in [0.15, 0.2) is 65.6 Å². The summed E-state index contributed by atoms with van der Waals surface area (Å²) in [4.78, 5) is 13.4. The molecular weight excluding hydrogens is 676 g/mol. The van der Waals surface area contributed by atoms with Crippen LogP contribution in [0.25, 0.3) is 0 Å². The number of carbonyl (C=O) groups excluding carboxylic acids is 1. The number of rotatable bonds is 11. The number of allylic oxidation sites excluding steroid dienone is 3. The second kappa shape index (κ2) is 14.0. The number of nitrogens with zero attached hydrogens (tertiary/aromatic N) is 1. The first-order valence-electron chi connectivity index (χ1n) is 10.8. The van der Waals surface area contributed by atoms with Crippen molar-refractivity contribution in [3.8, 4) is 17.2 Å². The van der Waals surface area contributed by atoms with Gasteiger partial charge in [-0.15, -0.1) is 0 Å². The summed E-state index contributed by atoms with van der Waals surface area (Å²) < 4.78 is 29.4. The van der Waals surface area contributed by atoms with Gasteiger partial charge in [0.1, 0.15) is 23.9 Å². The first-order chi connectivity index (χ1) is 16.5. The second-order valence-electron chi connectivity index (χ2n) is 7.37. The largest absolute Gasteiger partial charge is 0.492 e. The number of ether oxygens (including phenoxy) is 3. The molecular formula is C26H29I2NO4S. The van der Waals surface area contributed by atoms with Crippen LogP contribution >= 0.6 is 53.4 Å². The Bertz CT molecular complexity index is 1040. The lowest BCUT2D eigenvalue weighted by molar-refractivity contribution is 0.129. The quantitative estimate of drug-likeness (QED) is 0.178. The lowest BCUT2D eigenvalue weighted by atomic mass is 10.0. The summed E-state index contributed by atoms with van der Waals surface area (Å²) in [6.45, 7) is 5.06. The van der Waals surface area contributed by atoms with Crippen molar-refractivity contribution in [2.45, 2.75) is 20.3 Å². The fraction of sp³-hybridized carbons (Fsp3) is 0.269. The number of hydrogen-bond acceptors (Lipinski definition) is 5. The van der Waals surface area contributed by atoms with Gasteiger partial charge < -0.3 is 14.2 Å². The fourth-order valence-electron chi connectivity index (χ4n) is 3.09. The highest BCUT2D eigenvalue weighted by molar-refractivity contribution is 14.2. The van der Waals surface area contributed by atoms with E-state index in [9.17, 15) is 4.79 Å². The van der Waals surface area contributed by atoms with Crippen molar-refractivity contribution in [3.05, 3.63) is 72.7 Å². The summed E-state index contributed by atoms with van der Waals surface area (Å²) >= 11 is 0.897. The van der Waals surface area contributed by atoms with E-state index in [2.05, 4.69) is 46.3 Å². The van der Waals surface area contributed by atoms with Crippen LogP contribution < -0.4 is 9.47 Å². The first kappa shape index (κ1) is 26.9. The highest BCUT2D eigenvalue weighted by Gasteiger charge is 2.18.